The number of nitrogens with zero attached hydrogens (tertiary/aromatic N) is 4. The van der Waals surface area contributed by atoms with E-state index in [4.69, 9.17) is 23.8 Å². The molecule has 13 rings (SSSR count). The molecule has 6 heteroatoms. The third-order valence-corrected chi connectivity index (χ3v) is 11.4. The van der Waals surface area contributed by atoms with Gasteiger partial charge in [0.15, 0.2) is 11.6 Å². The molecule has 1 aliphatic rings. The van der Waals surface area contributed by atoms with E-state index in [2.05, 4.69) is 102 Å². The summed E-state index contributed by atoms with van der Waals surface area (Å²) in [6.07, 6.45) is 0. The standard InChI is InChI=1S/C49H26N4O2/c1-3-11-27(12-4-1)47-50-48(28-13-5-2-6-14-28)52-49(51-47)53-36-18-8-7-15-31(36)35-25-29(21-23-37(35)53)34-26-30-22-24-40-44-41(30)45-43-33(17-10-20-39(43)55-46(34)45)32-16-9-19-38(54-40)42(32)44/h1-26H. The Hall–Kier alpha value is -7.57. The highest BCUT2D eigenvalue weighted by Crippen LogP contribution is 2.52. The second-order valence-corrected chi connectivity index (χ2v) is 14.3. The SMILES string of the molecule is c1ccc(-c2nc(-c3ccccc3)nc(-n3c4ccccc4c4cc(-c5cc6ccc7oc8cccc9c8c7c6c6c5oc5cccc-9c56)ccc43)n2)cc1. The van der Waals surface area contributed by atoms with Crippen molar-refractivity contribution in [2.75, 3.05) is 0 Å². The second kappa shape index (κ2) is 10.5. The molecular formula is C49H26N4O2. The predicted molar refractivity (Wildman–Crippen MR) is 222 cm³/mol. The summed E-state index contributed by atoms with van der Waals surface area (Å²) in [5.74, 6) is 1.81. The molecule has 0 saturated heterocycles. The molecule has 12 aromatic rings. The Morgan fingerprint density at radius 3 is 1.76 bits per heavy atom. The van der Waals surface area contributed by atoms with Crippen molar-refractivity contribution in [2.24, 2.45) is 0 Å². The van der Waals surface area contributed by atoms with Gasteiger partial charge in [-0.1, -0.05) is 115 Å². The van der Waals surface area contributed by atoms with E-state index in [0.29, 0.717) is 17.6 Å². The minimum Gasteiger partial charge on any atom is -0.456 e. The van der Waals surface area contributed by atoms with Gasteiger partial charge in [-0.15, -0.1) is 0 Å². The van der Waals surface area contributed by atoms with E-state index in [-0.39, 0.29) is 0 Å². The first-order valence-electron chi connectivity index (χ1n) is 18.4. The number of furan rings is 2. The normalized spacial score (nSPS) is 12.4. The van der Waals surface area contributed by atoms with E-state index in [9.17, 15) is 0 Å². The summed E-state index contributed by atoms with van der Waals surface area (Å²) in [5, 5.41) is 9.16. The summed E-state index contributed by atoms with van der Waals surface area (Å²) >= 11 is 0. The van der Waals surface area contributed by atoms with Gasteiger partial charge in [0.2, 0.25) is 5.95 Å². The summed E-state index contributed by atoms with van der Waals surface area (Å²) in [6, 6.07) is 54.7. The van der Waals surface area contributed by atoms with E-state index in [1.165, 1.54) is 21.9 Å². The Labute approximate surface area is 312 Å². The molecule has 0 bridgehead atoms. The molecule has 6 nitrogen and oxygen atoms in total. The van der Waals surface area contributed by atoms with Crippen LogP contribution in [0.5, 0.6) is 0 Å². The Morgan fingerprint density at radius 1 is 0.382 bits per heavy atom. The van der Waals surface area contributed by atoms with Crippen LogP contribution in [0.4, 0.5) is 0 Å². The van der Waals surface area contributed by atoms with Crippen molar-refractivity contribution in [1.82, 2.24) is 19.5 Å². The monoisotopic (exact) mass is 702 g/mol. The Balaban J connectivity index is 1.09. The molecule has 0 saturated carbocycles. The zero-order valence-electron chi connectivity index (χ0n) is 29.1. The van der Waals surface area contributed by atoms with Crippen LogP contribution >= 0.6 is 0 Å². The lowest BCUT2D eigenvalue weighted by molar-refractivity contribution is 0.669. The molecule has 4 heterocycles. The number of rotatable bonds is 4. The molecule has 0 spiro atoms. The summed E-state index contributed by atoms with van der Waals surface area (Å²) < 4.78 is 15.5. The van der Waals surface area contributed by atoms with Gasteiger partial charge in [-0.25, -0.2) is 4.98 Å². The predicted octanol–water partition coefficient (Wildman–Crippen LogP) is 12.9. The summed E-state index contributed by atoms with van der Waals surface area (Å²) in [4.78, 5) is 15.2. The van der Waals surface area contributed by atoms with Gasteiger partial charge >= 0.3 is 0 Å². The summed E-state index contributed by atoms with van der Waals surface area (Å²) in [5.41, 5.74) is 11.9. The van der Waals surface area contributed by atoms with Crippen LogP contribution in [-0.2, 0) is 0 Å². The van der Waals surface area contributed by atoms with Gasteiger partial charge in [0.1, 0.15) is 22.3 Å². The molecule has 254 valence electrons. The summed E-state index contributed by atoms with van der Waals surface area (Å²) in [6.45, 7) is 0. The molecule has 4 aromatic heterocycles. The van der Waals surface area contributed by atoms with Gasteiger partial charge in [0.25, 0.3) is 0 Å². The molecular weight excluding hydrogens is 677 g/mol. The Morgan fingerprint density at radius 2 is 1.02 bits per heavy atom. The van der Waals surface area contributed by atoms with Crippen molar-refractivity contribution < 1.29 is 8.83 Å². The highest BCUT2D eigenvalue weighted by Gasteiger charge is 2.27. The van der Waals surface area contributed by atoms with Gasteiger partial charge in [-0.3, -0.25) is 4.57 Å². The lowest BCUT2D eigenvalue weighted by Gasteiger charge is -2.11. The molecule has 0 N–H and O–H groups in total. The van der Waals surface area contributed by atoms with Crippen molar-refractivity contribution in [3.05, 3.63) is 158 Å². The van der Waals surface area contributed by atoms with E-state index in [1.807, 2.05) is 60.7 Å². The molecule has 0 fully saturated rings. The average Bonchev–Trinajstić information content (AvgIpc) is 3.91. The fourth-order valence-corrected chi connectivity index (χ4v) is 9.03. The molecule has 1 aliphatic carbocycles. The Bertz CT molecular complexity index is 3540. The molecule has 0 radical (unpaired) electrons. The number of hydrogen-bond acceptors (Lipinski definition) is 5. The third kappa shape index (κ3) is 3.89. The van der Waals surface area contributed by atoms with E-state index < -0.39 is 0 Å². The largest absolute Gasteiger partial charge is 0.456 e. The lowest BCUT2D eigenvalue weighted by Crippen LogP contribution is -2.06. The van der Waals surface area contributed by atoms with Crippen LogP contribution in [0.1, 0.15) is 0 Å². The number of benzene rings is 8. The maximum Gasteiger partial charge on any atom is 0.238 e. The Kier molecular flexibility index (Phi) is 5.54. The van der Waals surface area contributed by atoms with Gasteiger partial charge in [0.05, 0.1) is 11.0 Å². The van der Waals surface area contributed by atoms with Crippen molar-refractivity contribution in [2.45, 2.75) is 0 Å². The number of fused-ring (bicyclic) bond motifs is 4. The van der Waals surface area contributed by atoms with Crippen LogP contribution in [0, 0.1) is 0 Å². The quantitative estimate of drug-likeness (QED) is 0.183. The highest BCUT2D eigenvalue weighted by molar-refractivity contribution is 6.38. The van der Waals surface area contributed by atoms with Gasteiger partial charge in [0, 0.05) is 54.4 Å². The molecule has 0 aliphatic heterocycles. The van der Waals surface area contributed by atoms with Gasteiger partial charge in [-0.2, -0.15) is 9.97 Å². The number of hydrogen-bond donors (Lipinski definition) is 0. The van der Waals surface area contributed by atoms with Crippen LogP contribution in [0.3, 0.4) is 0 Å². The van der Waals surface area contributed by atoms with Crippen LogP contribution in [0.2, 0.25) is 0 Å². The van der Waals surface area contributed by atoms with Gasteiger partial charge in [-0.05, 0) is 64.5 Å². The van der Waals surface area contributed by atoms with Crippen molar-refractivity contribution in [3.8, 4) is 51.0 Å². The fourth-order valence-electron chi connectivity index (χ4n) is 9.03. The van der Waals surface area contributed by atoms with Gasteiger partial charge < -0.3 is 8.83 Å². The van der Waals surface area contributed by atoms with E-state index in [0.717, 1.165) is 87.9 Å². The zero-order valence-corrected chi connectivity index (χ0v) is 29.1. The highest BCUT2D eigenvalue weighted by atomic mass is 16.3. The smallest absolute Gasteiger partial charge is 0.238 e. The molecule has 0 unspecified atom stereocenters. The topological polar surface area (TPSA) is 69.9 Å². The summed E-state index contributed by atoms with van der Waals surface area (Å²) in [7, 11) is 0. The van der Waals surface area contributed by atoms with Crippen LogP contribution < -0.4 is 0 Å². The van der Waals surface area contributed by atoms with Crippen molar-refractivity contribution in [3.63, 3.8) is 0 Å². The first kappa shape index (κ1) is 28.9. The minimum atomic E-state index is 0.568. The molecule has 0 amide bonds. The van der Waals surface area contributed by atoms with Crippen LogP contribution in [0.15, 0.2) is 167 Å². The average molecular weight is 703 g/mol. The van der Waals surface area contributed by atoms with Crippen molar-refractivity contribution in [1.29, 1.82) is 0 Å². The van der Waals surface area contributed by atoms with E-state index >= 15 is 0 Å². The maximum absolute atomic E-state index is 6.90. The van der Waals surface area contributed by atoms with Crippen molar-refractivity contribution >= 4 is 76.5 Å². The van der Waals surface area contributed by atoms with Crippen LogP contribution in [0.25, 0.3) is 127 Å². The number of para-hydroxylation sites is 1. The third-order valence-electron chi connectivity index (χ3n) is 11.4. The second-order valence-electron chi connectivity index (χ2n) is 14.3. The molecule has 55 heavy (non-hydrogen) atoms. The van der Waals surface area contributed by atoms with E-state index in [1.54, 1.807) is 0 Å². The lowest BCUT2D eigenvalue weighted by atomic mass is 9.94. The first-order valence-corrected chi connectivity index (χ1v) is 18.4. The first-order chi connectivity index (χ1) is 27.3. The fraction of sp³-hybridized carbons (Fsp3) is 0. The molecule has 0 atom stereocenters. The van der Waals surface area contributed by atoms with Crippen LogP contribution in [-0.4, -0.2) is 19.5 Å². The zero-order chi connectivity index (χ0) is 35.8. The molecule has 8 aromatic carbocycles. The minimum absolute atomic E-state index is 0.568. The number of aromatic nitrogens is 4. The maximum atomic E-state index is 6.90.